The predicted octanol–water partition coefficient (Wildman–Crippen LogP) is 20.6. The van der Waals surface area contributed by atoms with Crippen LogP contribution in [0.4, 0.5) is 34.1 Å². The third-order valence-corrected chi connectivity index (χ3v) is 20.1. The van der Waals surface area contributed by atoms with E-state index in [1.165, 1.54) is 49.9 Å². The van der Waals surface area contributed by atoms with Gasteiger partial charge in [0.1, 0.15) is 0 Å². The van der Waals surface area contributed by atoms with E-state index in [4.69, 9.17) is 24.9 Å². The molecule has 101 heavy (non-hydrogen) atoms. The van der Waals surface area contributed by atoms with Gasteiger partial charge in [0, 0.05) is 94.7 Å². The fourth-order valence-corrected chi connectivity index (χ4v) is 15.6. The largest absolute Gasteiger partial charge is 0.311 e. The molecule has 4 aromatic heterocycles. The summed E-state index contributed by atoms with van der Waals surface area (Å²) >= 11 is 0. The molecule has 2 aliphatic heterocycles. The van der Waals surface area contributed by atoms with Gasteiger partial charge in [-0.3, -0.25) is 0 Å². The first kappa shape index (κ1) is 57.7. The summed E-state index contributed by atoms with van der Waals surface area (Å²) < 4.78 is 4.82. The van der Waals surface area contributed by atoms with E-state index in [0.717, 1.165) is 111 Å². The first-order valence-electron chi connectivity index (χ1n) is 34.3. The van der Waals surface area contributed by atoms with Crippen LogP contribution < -0.4 is 26.2 Å². The van der Waals surface area contributed by atoms with Gasteiger partial charge in [-0.2, -0.15) is 0 Å². The molecule has 0 radical (unpaired) electrons. The van der Waals surface area contributed by atoms with Crippen molar-refractivity contribution >= 4 is 101 Å². The van der Waals surface area contributed by atoms with Crippen LogP contribution in [0, 0.1) is 0 Å². The number of nitrogens with zero attached hydrogens (tertiary/aromatic N) is 9. The van der Waals surface area contributed by atoms with Gasteiger partial charge >= 0.3 is 0 Å². The van der Waals surface area contributed by atoms with Gasteiger partial charge in [-0.05, 0) is 143 Å². The smallest absolute Gasteiger partial charge is 0.252 e. The lowest BCUT2D eigenvalue weighted by Gasteiger charge is -2.44. The number of benzene rings is 14. The van der Waals surface area contributed by atoms with Gasteiger partial charge in [-0.15, -0.1) is 0 Å². The van der Waals surface area contributed by atoms with Crippen LogP contribution in [0.25, 0.3) is 134 Å². The van der Waals surface area contributed by atoms with Crippen molar-refractivity contribution in [2.24, 2.45) is 0 Å². The zero-order chi connectivity index (χ0) is 66.5. The molecule has 0 saturated heterocycles. The molecule has 10 heteroatoms. The molecule has 0 spiro atoms. The third kappa shape index (κ3) is 9.59. The lowest BCUT2D eigenvalue weighted by atomic mass is 9.33. The summed E-state index contributed by atoms with van der Waals surface area (Å²) in [6.45, 7) is 0.0575. The molecule has 0 atom stereocenters. The second-order valence-electron chi connectivity index (χ2n) is 25.9. The molecule has 0 fully saturated rings. The van der Waals surface area contributed by atoms with Crippen LogP contribution in [0.1, 0.15) is 0 Å². The summed E-state index contributed by atoms with van der Waals surface area (Å²) in [7, 11) is 0. The van der Waals surface area contributed by atoms with Crippen molar-refractivity contribution in [3.05, 3.63) is 352 Å². The highest BCUT2D eigenvalue weighted by Crippen LogP contribution is 2.46. The normalized spacial score (nSPS) is 12.3. The minimum absolute atomic E-state index is 0.0575. The second-order valence-corrected chi connectivity index (χ2v) is 25.9. The van der Waals surface area contributed by atoms with Crippen LogP contribution in [0.5, 0.6) is 0 Å². The molecule has 470 valence electrons. The van der Waals surface area contributed by atoms with E-state index in [1.807, 2.05) is 66.7 Å². The number of aromatic nitrogens is 7. The molecule has 0 amide bonds. The number of para-hydroxylation sites is 6. The molecule has 0 unspecified atom stereocenters. The van der Waals surface area contributed by atoms with Crippen molar-refractivity contribution in [3.8, 4) is 90.6 Å². The van der Waals surface area contributed by atoms with Crippen molar-refractivity contribution < 1.29 is 0 Å². The summed E-state index contributed by atoms with van der Waals surface area (Å²) in [6, 6.07) is 126. The summed E-state index contributed by atoms with van der Waals surface area (Å²) in [4.78, 5) is 31.9. The van der Waals surface area contributed by atoms with Gasteiger partial charge in [0.05, 0.1) is 39.1 Å². The Morgan fingerprint density at radius 1 is 0.218 bits per heavy atom. The van der Waals surface area contributed by atoms with Crippen LogP contribution in [0.3, 0.4) is 0 Å². The van der Waals surface area contributed by atoms with Gasteiger partial charge < -0.3 is 18.9 Å². The summed E-state index contributed by atoms with van der Waals surface area (Å²) in [6.07, 6.45) is 0. The highest BCUT2D eigenvalue weighted by Gasteiger charge is 2.43. The molecular formula is C91H58BN9. The van der Waals surface area contributed by atoms with Gasteiger partial charge in [-0.25, -0.2) is 24.9 Å². The zero-order valence-corrected chi connectivity index (χ0v) is 54.6. The van der Waals surface area contributed by atoms with E-state index in [9.17, 15) is 0 Å². The Hall–Kier alpha value is -13.6. The molecule has 2 aliphatic rings. The number of hydrogen-bond acceptors (Lipinski definition) is 7. The zero-order valence-electron chi connectivity index (χ0n) is 54.6. The fraction of sp³-hybridized carbons (Fsp3) is 0. The number of hydrogen-bond donors (Lipinski definition) is 0. The van der Waals surface area contributed by atoms with Crippen LogP contribution in [0.2, 0.25) is 0 Å². The lowest BCUT2D eigenvalue weighted by molar-refractivity contribution is 1.07. The minimum atomic E-state index is 0.0575. The Kier molecular flexibility index (Phi) is 13.5. The molecule has 14 aromatic carbocycles. The molecule has 0 saturated carbocycles. The summed E-state index contributed by atoms with van der Waals surface area (Å²) in [5, 5.41) is 4.66. The maximum atomic E-state index is 5.75. The van der Waals surface area contributed by atoms with Gasteiger partial charge in [0.2, 0.25) is 0 Å². The van der Waals surface area contributed by atoms with Crippen LogP contribution in [-0.4, -0.2) is 40.8 Å². The van der Waals surface area contributed by atoms with Gasteiger partial charge in [0.15, 0.2) is 23.3 Å². The molecule has 6 heterocycles. The van der Waals surface area contributed by atoms with Crippen molar-refractivity contribution in [2.75, 3.05) is 9.80 Å². The van der Waals surface area contributed by atoms with Crippen LogP contribution >= 0.6 is 0 Å². The SMILES string of the molecule is c1ccc(-c2cc(-c3cc(-c4nc(-c5ccccc5)nc(-c5ccccc5)n4)ccc3-n3c4ccccc4c4cc5c6ccccc6n(-c6ccccc6)c5cc43)nc(-c3cccc(-c4ccc(N5c6ccccc6B6c7ccccc7N(c7ccccc7)c7cccc5c76)cc4)c3)n2)cc1. The highest BCUT2D eigenvalue weighted by atomic mass is 15.2. The number of anilines is 6. The van der Waals surface area contributed by atoms with Crippen LogP contribution in [-0.2, 0) is 0 Å². The quantitative estimate of drug-likeness (QED) is 0.119. The second kappa shape index (κ2) is 23.6. The first-order chi connectivity index (χ1) is 50.1. The average molecular weight is 1290 g/mol. The highest BCUT2D eigenvalue weighted by molar-refractivity contribution is 7.00. The van der Waals surface area contributed by atoms with Gasteiger partial charge in [0.25, 0.3) is 6.71 Å². The molecule has 9 nitrogen and oxygen atoms in total. The summed E-state index contributed by atoms with van der Waals surface area (Å²) in [5.41, 5.74) is 26.1. The fourth-order valence-electron chi connectivity index (χ4n) is 15.6. The van der Waals surface area contributed by atoms with E-state index in [0.29, 0.717) is 23.3 Å². The van der Waals surface area contributed by atoms with Gasteiger partial charge in [-0.1, -0.05) is 237 Å². The van der Waals surface area contributed by atoms with E-state index < -0.39 is 0 Å². The minimum Gasteiger partial charge on any atom is -0.311 e. The topological polar surface area (TPSA) is 80.8 Å². The monoisotopic (exact) mass is 1290 g/mol. The van der Waals surface area contributed by atoms with E-state index in [1.54, 1.807) is 0 Å². The maximum Gasteiger partial charge on any atom is 0.252 e. The van der Waals surface area contributed by atoms with E-state index in [2.05, 4.69) is 304 Å². The molecule has 20 rings (SSSR count). The standard InChI is InChI=1S/C91H58BN9/c1-6-26-60(27-7-1)76-57-77(94-90(93-76)64-33-24-32-63(54-64)59-48-51-68(52-49-59)100-82-45-23-19-41-75(82)92-74-40-18-22-44-81(74)99(67-36-14-5-15-37-67)83-46-25-47-84(100)87(83)92)73-55-65(91-96-88(61-28-8-2-9-29-61)95-89(97-91)62-30-10-3-11-31-62)50-53-80(73)101-79-43-21-17-39-70(79)72-56-71-69-38-16-20-42-78(69)98(85(71)58-86(72)101)66-34-12-4-13-35-66/h1-58H. The first-order valence-corrected chi connectivity index (χ1v) is 34.3. The molecule has 18 aromatic rings. The molecular weight excluding hydrogens is 1230 g/mol. The van der Waals surface area contributed by atoms with Crippen LogP contribution in [0.15, 0.2) is 352 Å². The predicted molar refractivity (Wildman–Crippen MR) is 416 cm³/mol. The third-order valence-electron chi connectivity index (χ3n) is 20.1. The number of fused-ring (bicyclic) bond motifs is 10. The molecule has 0 N–H and O–H groups in total. The van der Waals surface area contributed by atoms with E-state index in [-0.39, 0.29) is 6.71 Å². The molecule has 0 aliphatic carbocycles. The van der Waals surface area contributed by atoms with E-state index >= 15 is 0 Å². The Morgan fingerprint density at radius 2 is 0.644 bits per heavy atom. The Morgan fingerprint density at radius 3 is 1.26 bits per heavy atom. The maximum absolute atomic E-state index is 5.75. The lowest BCUT2D eigenvalue weighted by Crippen LogP contribution is -2.61. The number of rotatable bonds is 11. The summed E-state index contributed by atoms with van der Waals surface area (Å²) in [5.74, 6) is 2.29. The van der Waals surface area contributed by atoms with Crippen molar-refractivity contribution in [1.29, 1.82) is 0 Å². The molecule has 0 bridgehead atoms. The Labute approximate surface area is 583 Å². The Bertz CT molecular complexity index is 6220. The Balaban J connectivity index is 0.762. The van der Waals surface area contributed by atoms with Crippen molar-refractivity contribution in [3.63, 3.8) is 0 Å². The van der Waals surface area contributed by atoms with Crippen molar-refractivity contribution in [2.45, 2.75) is 0 Å². The average Bonchev–Trinajstić information content (AvgIpc) is 1.71. The van der Waals surface area contributed by atoms with Crippen molar-refractivity contribution in [1.82, 2.24) is 34.1 Å².